The summed E-state index contributed by atoms with van der Waals surface area (Å²) in [5.41, 5.74) is 0. The van der Waals surface area contributed by atoms with E-state index in [1.807, 2.05) is 0 Å². The Labute approximate surface area is 342 Å². The monoisotopic (exact) mass is 756 g/mol. The molecule has 0 aromatic carbocycles. The van der Waals surface area contributed by atoms with Gasteiger partial charge in [0.15, 0.2) is 0 Å². The van der Waals surface area contributed by atoms with Gasteiger partial charge in [0.05, 0.1) is 13.1 Å². The minimum absolute atomic E-state index is 1.23. The number of aromatic nitrogens is 2. The lowest BCUT2D eigenvalue weighted by Gasteiger charge is -2.07. The highest BCUT2D eigenvalue weighted by Crippen LogP contribution is 2.17. The van der Waals surface area contributed by atoms with E-state index in [0.717, 1.165) is 0 Å². The normalized spacial score (nSPS) is 11.7. The van der Waals surface area contributed by atoms with Crippen LogP contribution in [0.1, 0.15) is 303 Å². The van der Waals surface area contributed by atoms with Crippen LogP contribution in [0.2, 0.25) is 0 Å². The minimum atomic E-state index is 1.23. The average Bonchev–Trinajstić information content (AvgIpc) is 3.57. The molecule has 1 aromatic rings. The first-order valence-corrected chi connectivity index (χ1v) is 25.9. The molecule has 2 nitrogen and oxygen atoms in total. The fourth-order valence-corrected chi connectivity index (χ4v) is 8.80. The van der Waals surface area contributed by atoms with E-state index in [4.69, 9.17) is 0 Å². The Bertz CT molecular complexity index is 826. The molecule has 2 heteroatoms. The van der Waals surface area contributed by atoms with Crippen molar-refractivity contribution in [3.63, 3.8) is 0 Å². The third kappa shape index (κ3) is 34.5. The lowest BCUT2D eigenvalue weighted by molar-refractivity contribution is -0.704. The highest BCUT2D eigenvalue weighted by atomic mass is 15.1. The SMILES string of the molecule is CCCCCCCCCCCCCCCCCCc1n(CCCCCCCCCCCCCCCCCC)cc[n+]1CCCCCCCCCCCCC. The molecule has 0 atom stereocenters. The van der Waals surface area contributed by atoms with E-state index in [1.165, 1.54) is 296 Å². The number of hydrogen-bond donors (Lipinski definition) is 0. The van der Waals surface area contributed by atoms with Gasteiger partial charge in [0.25, 0.3) is 5.82 Å². The molecule has 0 radical (unpaired) electrons. The number of rotatable bonds is 46. The lowest BCUT2D eigenvalue weighted by Crippen LogP contribution is -2.37. The lowest BCUT2D eigenvalue weighted by atomic mass is 10.0. The van der Waals surface area contributed by atoms with Crippen LogP contribution >= 0.6 is 0 Å². The van der Waals surface area contributed by atoms with E-state index in [2.05, 4.69) is 42.3 Å². The molecule has 320 valence electrons. The smallest absolute Gasteiger partial charge is 0.234 e. The van der Waals surface area contributed by atoms with E-state index in [-0.39, 0.29) is 0 Å². The van der Waals surface area contributed by atoms with Gasteiger partial charge < -0.3 is 0 Å². The molecule has 0 aliphatic carbocycles. The van der Waals surface area contributed by atoms with Crippen molar-refractivity contribution in [3.05, 3.63) is 18.2 Å². The Kier molecular flexibility index (Phi) is 41.1. The predicted octanol–water partition coefficient (Wildman–Crippen LogP) is 18.2. The Balaban J connectivity index is 2.24. The van der Waals surface area contributed by atoms with Gasteiger partial charge in [-0.15, -0.1) is 0 Å². The second-order valence-electron chi connectivity index (χ2n) is 18.0. The van der Waals surface area contributed by atoms with Gasteiger partial charge in [-0.05, 0) is 32.1 Å². The molecule has 0 spiro atoms. The zero-order valence-electron chi connectivity index (χ0n) is 38.1. The molecule has 0 amide bonds. The third-order valence-electron chi connectivity index (χ3n) is 12.6. The first-order chi connectivity index (χ1) is 26.8. The summed E-state index contributed by atoms with van der Waals surface area (Å²) in [6.45, 7) is 9.42. The molecule has 0 unspecified atom stereocenters. The second-order valence-corrected chi connectivity index (χ2v) is 18.0. The summed E-state index contributed by atoms with van der Waals surface area (Å²) < 4.78 is 5.32. The van der Waals surface area contributed by atoms with Crippen molar-refractivity contribution in [2.75, 3.05) is 0 Å². The largest absolute Gasteiger partial charge is 0.256 e. The van der Waals surface area contributed by atoms with Crippen LogP contribution in [-0.4, -0.2) is 4.57 Å². The van der Waals surface area contributed by atoms with Crippen molar-refractivity contribution >= 4 is 0 Å². The molecule has 54 heavy (non-hydrogen) atoms. The first kappa shape index (κ1) is 51.2. The molecular weight excluding hydrogens is 653 g/mol. The Morgan fingerprint density at radius 2 is 0.574 bits per heavy atom. The summed E-state index contributed by atoms with van der Waals surface area (Å²) in [6.07, 6.45) is 68.3. The van der Waals surface area contributed by atoms with Crippen LogP contribution in [0, 0.1) is 0 Å². The molecule has 0 aliphatic rings. The van der Waals surface area contributed by atoms with Gasteiger partial charge in [-0.25, -0.2) is 9.13 Å². The van der Waals surface area contributed by atoms with E-state index in [9.17, 15) is 0 Å². The van der Waals surface area contributed by atoms with Gasteiger partial charge in [-0.3, -0.25) is 0 Å². The zero-order valence-corrected chi connectivity index (χ0v) is 38.1. The van der Waals surface area contributed by atoms with Crippen LogP contribution < -0.4 is 4.57 Å². The second kappa shape index (κ2) is 43.3. The van der Waals surface area contributed by atoms with Crippen molar-refractivity contribution in [2.24, 2.45) is 0 Å². The maximum absolute atomic E-state index is 2.66. The van der Waals surface area contributed by atoms with E-state index >= 15 is 0 Å². The number of aryl methyl sites for hydroxylation is 2. The van der Waals surface area contributed by atoms with Crippen LogP contribution in [-0.2, 0) is 19.5 Å². The van der Waals surface area contributed by atoms with Gasteiger partial charge in [-0.2, -0.15) is 0 Å². The van der Waals surface area contributed by atoms with Crippen LogP contribution in [0.5, 0.6) is 0 Å². The Morgan fingerprint density at radius 1 is 0.315 bits per heavy atom. The molecule has 1 heterocycles. The predicted molar refractivity (Wildman–Crippen MR) is 244 cm³/mol. The first-order valence-electron chi connectivity index (χ1n) is 25.9. The summed E-state index contributed by atoms with van der Waals surface area (Å²) >= 11 is 0. The molecule has 0 aliphatic heterocycles. The highest BCUT2D eigenvalue weighted by Gasteiger charge is 2.16. The summed E-state index contributed by atoms with van der Waals surface area (Å²) in [6, 6.07) is 0. The van der Waals surface area contributed by atoms with Crippen molar-refractivity contribution in [1.29, 1.82) is 0 Å². The fourth-order valence-electron chi connectivity index (χ4n) is 8.80. The number of unbranched alkanes of at least 4 members (excludes halogenated alkanes) is 40. The number of hydrogen-bond acceptors (Lipinski definition) is 0. The maximum atomic E-state index is 2.66. The molecule has 0 fully saturated rings. The Morgan fingerprint density at radius 3 is 0.889 bits per heavy atom. The van der Waals surface area contributed by atoms with E-state index < -0.39 is 0 Å². The highest BCUT2D eigenvalue weighted by molar-refractivity contribution is 4.84. The maximum Gasteiger partial charge on any atom is 0.256 e. The number of nitrogens with zero attached hydrogens (tertiary/aromatic N) is 2. The summed E-state index contributed by atoms with van der Waals surface area (Å²) in [4.78, 5) is 0. The van der Waals surface area contributed by atoms with Crippen LogP contribution in [0.4, 0.5) is 0 Å². The van der Waals surface area contributed by atoms with E-state index in [0.29, 0.717) is 0 Å². The molecule has 1 aromatic heterocycles. The minimum Gasteiger partial charge on any atom is -0.234 e. The Hall–Kier alpha value is -0.790. The van der Waals surface area contributed by atoms with Crippen molar-refractivity contribution in [2.45, 2.75) is 316 Å². The quantitative estimate of drug-likeness (QED) is 0.0463. The van der Waals surface area contributed by atoms with Crippen molar-refractivity contribution in [1.82, 2.24) is 4.57 Å². The molecule has 0 saturated carbocycles. The van der Waals surface area contributed by atoms with Gasteiger partial charge >= 0.3 is 0 Å². The zero-order chi connectivity index (χ0) is 38.7. The molecule has 0 bridgehead atoms. The molecule has 1 rings (SSSR count). The van der Waals surface area contributed by atoms with Crippen LogP contribution in [0.3, 0.4) is 0 Å². The topological polar surface area (TPSA) is 8.81 Å². The number of imidazole rings is 1. The van der Waals surface area contributed by atoms with Crippen molar-refractivity contribution in [3.8, 4) is 0 Å². The average molecular weight is 756 g/mol. The molecular formula is C52H103N2+. The van der Waals surface area contributed by atoms with Crippen LogP contribution in [0.25, 0.3) is 0 Å². The third-order valence-corrected chi connectivity index (χ3v) is 12.6. The molecule has 0 saturated heterocycles. The van der Waals surface area contributed by atoms with Gasteiger partial charge in [0.2, 0.25) is 0 Å². The van der Waals surface area contributed by atoms with Gasteiger partial charge in [-0.1, -0.05) is 265 Å². The summed E-state index contributed by atoms with van der Waals surface area (Å²) in [7, 11) is 0. The van der Waals surface area contributed by atoms with Gasteiger partial charge in [0, 0.05) is 6.42 Å². The summed E-state index contributed by atoms with van der Waals surface area (Å²) in [5, 5.41) is 0. The molecule has 0 N–H and O–H groups in total. The van der Waals surface area contributed by atoms with E-state index in [1.54, 1.807) is 5.82 Å². The van der Waals surface area contributed by atoms with Gasteiger partial charge in [0.1, 0.15) is 12.4 Å². The standard InChI is InChI=1S/C52H103N2/c1-4-7-10-13-16-19-22-24-26-28-30-32-35-38-41-44-47-52-53(48-45-42-39-36-33-21-18-15-12-9-6-3)50-51-54(52)49-46-43-40-37-34-31-29-27-25-23-20-17-14-11-8-5-2/h50-51H,4-49H2,1-3H3/q+1. The summed E-state index contributed by atoms with van der Waals surface area (Å²) in [5.74, 6) is 1.63. The van der Waals surface area contributed by atoms with Crippen molar-refractivity contribution < 1.29 is 4.57 Å². The van der Waals surface area contributed by atoms with Crippen LogP contribution in [0.15, 0.2) is 12.4 Å². The fraction of sp³-hybridized carbons (Fsp3) is 0.942.